The van der Waals surface area contributed by atoms with Gasteiger partial charge in [-0.3, -0.25) is 9.48 Å². The second-order valence-electron chi connectivity index (χ2n) is 6.97. The van der Waals surface area contributed by atoms with Crippen LogP contribution in [0.2, 0.25) is 0 Å². The maximum absolute atomic E-state index is 12.7. The molecule has 1 atom stereocenters. The number of rotatable bonds is 9. The summed E-state index contributed by atoms with van der Waals surface area (Å²) in [5.41, 5.74) is 3.27. The number of carbonyl (C=O) groups is 1. The Morgan fingerprint density at radius 1 is 1.31 bits per heavy atom. The van der Waals surface area contributed by atoms with Gasteiger partial charge in [-0.25, -0.2) is 0 Å². The molecule has 8 heteroatoms. The zero-order chi connectivity index (χ0) is 19.8. The van der Waals surface area contributed by atoms with Crippen molar-refractivity contribution in [2.24, 2.45) is 0 Å². The molecule has 1 saturated heterocycles. The fourth-order valence-corrected chi connectivity index (χ4v) is 3.33. The van der Waals surface area contributed by atoms with Crippen LogP contribution in [0.1, 0.15) is 47.4 Å². The van der Waals surface area contributed by atoms with Crippen molar-refractivity contribution in [3.8, 4) is 0 Å². The minimum atomic E-state index is -0.194. The van der Waals surface area contributed by atoms with E-state index < -0.39 is 0 Å². The zero-order valence-corrected chi connectivity index (χ0v) is 18.0. The third-order valence-electron chi connectivity index (χ3n) is 5.01. The molecule has 1 aliphatic heterocycles. The summed E-state index contributed by atoms with van der Waals surface area (Å²) < 4.78 is 12.8. The molecule has 7 nitrogen and oxygen atoms in total. The van der Waals surface area contributed by atoms with Crippen LogP contribution < -0.4 is 10.6 Å². The molecule has 29 heavy (non-hydrogen) atoms. The van der Waals surface area contributed by atoms with Crippen LogP contribution in [-0.4, -0.2) is 48.6 Å². The van der Waals surface area contributed by atoms with Gasteiger partial charge in [-0.05, 0) is 56.5 Å². The van der Waals surface area contributed by atoms with Crippen LogP contribution >= 0.6 is 12.4 Å². The van der Waals surface area contributed by atoms with Gasteiger partial charge in [0.1, 0.15) is 0 Å². The molecule has 3 rings (SSSR count). The second kappa shape index (κ2) is 11.9. The van der Waals surface area contributed by atoms with Crippen LogP contribution in [0.25, 0.3) is 0 Å². The fourth-order valence-electron chi connectivity index (χ4n) is 3.33. The molecule has 1 amide bonds. The number of hydrogen-bond acceptors (Lipinski definition) is 5. The summed E-state index contributed by atoms with van der Waals surface area (Å²) in [5, 5.41) is 10.8. The number of ether oxygens (including phenoxy) is 2. The summed E-state index contributed by atoms with van der Waals surface area (Å²) in [6.07, 6.45) is 4.10. The quantitative estimate of drug-likeness (QED) is 0.606. The summed E-state index contributed by atoms with van der Waals surface area (Å²) in [4.78, 5) is 12.7. The first-order valence-electron chi connectivity index (χ1n) is 10.00. The summed E-state index contributed by atoms with van der Waals surface area (Å²) in [6, 6.07) is 7.93. The predicted molar refractivity (Wildman–Crippen MR) is 116 cm³/mol. The van der Waals surface area contributed by atoms with Crippen LogP contribution in [-0.2, 0) is 16.1 Å². The molecule has 0 bridgehead atoms. The minimum absolute atomic E-state index is 0. The molecule has 1 aliphatic rings. The van der Waals surface area contributed by atoms with E-state index in [-0.39, 0.29) is 18.3 Å². The van der Waals surface area contributed by atoms with Gasteiger partial charge in [0.15, 0.2) is 5.69 Å². The molecular formula is C21H31ClN4O3. The first kappa shape index (κ1) is 23.3. The van der Waals surface area contributed by atoms with E-state index in [0.29, 0.717) is 38.2 Å². The lowest BCUT2D eigenvalue weighted by Gasteiger charge is -2.22. The number of nitrogens with one attached hydrogen (secondary N) is 2. The Hall–Kier alpha value is -1.93. The Balaban J connectivity index is 0.00000300. The molecule has 1 fully saturated rings. The molecule has 2 N–H and O–H groups in total. The molecule has 1 aromatic heterocycles. The highest BCUT2D eigenvalue weighted by Gasteiger charge is 2.18. The lowest BCUT2D eigenvalue weighted by atomic mass is 10.1. The number of hydrogen-bond donors (Lipinski definition) is 2. The van der Waals surface area contributed by atoms with Gasteiger partial charge >= 0.3 is 0 Å². The van der Waals surface area contributed by atoms with E-state index in [2.05, 4.69) is 15.7 Å². The first-order valence-corrected chi connectivity index (χ1v) is 10.00. The summed E-state index contributed by atoms with van der Waals surface area (Å²) in [6.45, 7) is 8.23. The molecule has 0 saturated carbocycles. The third-order valence-corrected chi connectivity index (χ3v) is 5.01. The normalized spacial score (nSPS) is 16.3. The number of anilines is 1. The Morgan fingerprint density at radius 2 is 2.14 bits per heavy atom. The average molecular weight is 423 g/mol. The molecular weight excluding hydrogens is 392 g/mol. The SMILES string of the molecule is CCOCCOCc1cccc(NC(=O)c2ccn(C3CCCNC3)n2)c1C.Cl. The summed E-state index contributed by atoms with van der Waals surface area (Å²) in [7, 11) is 0. The molecule has 0 aliphatic carbocycles. The zero-order valence-electron chi connectivity index (χ0n) is 17.1. The highest BCUT2D eigenvalue weighted by atomic mass is 35.5. The van der Waals surface area contributed by atoms with E-state index in [1.54, 1.807) is 6.07 Å². The smallest absolute Gasteiger partial charge is 0.276 e. The molecule has 1 unspecified atom stereocenters. The van der Waals surface area contributed by atoms with E-state index in [1.165, 1.54) is 0 Å². The topological polar surface area (TPSA) is 77.4 Å². The van der Waals surface area contributed by atoms with Crippen molar-refractivity contribution in [3.63, 3.8) is 0 Å². The fraction of sp³-hybridized carbons (Fsp3) is 0.524. The molecule has 0 radical (unpaired) electrons. The predicted octanol–water partition coefficient (Wildman–Crippen LogP) is 3.34. The number of piperidine rings is 1. The van der Waals surface area contributed by atoms with Gasteiger partial charge in [0.2, 0.25) is 0 Å². The van der Waals surface area contributed by atoms with Crippen LogP contribution in [0.3, 0.4) is 0 Å². The lowest BCUT2D eigenvalue weighted by Crippen LogP contribution is -2.32. The van der Waals surface area contributed by atoms with Gasteiger partial charge in [0.05, 0.1) is 25.9 Å². The summed E-state index contributed by atoms with van der Waals surface area (Å²) >= 11 is 0. The number of halogens is 1. The van der Waals surface area contributed by atoms with Crippen molar-refractivity contribution < 1.29 is 14.3 Å². The minimum Gasteiger partial charge on any atom is -0.379 e. The van der Waals surface area contributed by atoms with Crippen molar-refractivity contribution in [1.82, 2.24) is 15.1 Å². The summed E-state index contributed by atoms with van der Waals surface area (Å²) in [5.74, 6) is -0.194. The third kappa shape index (κ3) is 6.54. The van der Waals surface area contributed by atoms with E-state index in [4.69, 9.17) is 9.47 Å². The van der Waals surface area contributed by atoms with Gasteiger partial charge in [0.25, 0.3) is 5.91 Å². The number of aromatic nitrogens is 2. The Bertz CT molecular complexity index is 775. The number of nitrogens with zero attached hydrogens (tertiary/aromatic N) is 2. The molecule has 1 aromatic carbocycles. The number of benzene rings is 1. The van der Waals surface area contributed by atoms with Gasteiger partial charge in [-0.1, -0.05) is 12.1 Å². The van der Waals surface area contributed by atoms with Crippen molar-refractivity contribution in [1.29, 1.82) is 0 Å². The Morgan fingerprint density at radius 3 is 2.90 bits per heavy atom. The number of carbonyl (C=O) groups excluding carboxylic acids is 1. The highest BCUT2D eigenvalue weighted by Crippen LogP contribution is 2.21. The highest BCUT2D eigenvalue weighted by molar-refractivity contribution is 6.03. The van der Waals surface area contributed by atoms with E-state index in [9.17, 15) is 4.79 Å². The van der Waals surface area contributed by atoms with E-state index >= 15 is 0 Å². The second-order valence-corrected chi connectivity index (χ2v) is 6.97. The lowest BCUT2D eigenvalue weighted by molar-refractivity contribution is 0.0451. The monoisotopic (exact) mass is 422 g/mol. The first-order chi connectivity index (χ1) is 13.7. The van der Waals surface area contributed by atoms with Gasteiger partial charge < -0.3 is 20.1 Å². The van der Waals surface area contributed by atoms with Crippen molar-refractivity contribution in [2.45, 2.75) is 39.3 Å². The van der Waals surface area contributed by atoms with Crippen LogP contribution in [0, 0.1) is 6.92 Å². The van der Waals surface area contributed by atoms with E-state index in [0.717, 1.165) is 42.7 Å². The molecule has 0 spiro atoms. The number of amides is 1. The van der Waals surface area contributed by atoms with Crippen molar-refractivity contribution in [3.05, 3.63) is 47.3 Å². The largest absolute Gasteiger partial charge is 0.379 e. The van der Waals surface area contributed by atoms with Crippen molar-refractivity contribution >= 4 is 24.0 Å². The Kier molecular flexibility index (Phi) is 9.60. The van der Waals surface area contributed by atoms with Crippen LogP contribution in [0.5, 0.6) is 0 Å². The maximum atomic E-state index is 12.7. The van der Waals surface area contributed by atoms with Crippen molar-refractivity contribution in [2.75, 3.05) is 38.2 Å². The van der Waals surface area contributed by atoms with Gasteiger partial charge in [0, 0.05) is 25.0 Å². The van der Waals surface area contributed by atoms with Gasteiger partial charge in [-0.2, -0.15) is 5.10 Å². The average Bonchev–Trinajstić information content (AvgIpc) is 3.21. The van der Waals surface area contributed by atoms with Gasteiger partial charge in [-0.15, -0.1) is 12.4 Å². The van der Waals surface area contributed by atoms with Crippen LogP contribution in [0.15, 0.2) is 30.5 Å². The standard InChI is InChI=1S/C21H30N4O3.ClH/c1-3-27-12-13-28-15-17-6-4-8-19(16(17)2)23-21(26)20-9-11-25(24-20)18-7-5-10-22-14-18;/h4,6,8-9,11,18,22H,3,5,7,10,12-15H2,1-2H3,(H,23,26);1H. The van der Waals surface area contributed by atoms with Crippen LogP contribution in [0.4, 0.5) is 5.69 Å². The molecule has 2 aromatic rings. The van der Waals surface area contributed by atoms with E-state index in [1.807, 2.05) is 42.9 Å². The maximum Gasteiger partial charge on any atom is 0.276 e. The molecule has 2 heterocycles. The molecule has 160 valence electrons. The Labute approximate surface area is 178 Å².